The fourth-order valence-electron chi connectivity index (χ4n) is 3.39. The maximum atomic E-state index is 13.5. The van der Waals surface area contributed by atoms with Crippen molar-refractivity contribution in [3.63, 3.8) is 0 Å². The minimum Gasteiger partial charge on any atom is -0.355 e. The third-order valence-corrected chi connectivity index (χ3v) is 5.17. The molecule has 2 amide bonds. The number of benzene rings is 2. The monoisotopic (exact) mass is 463 g/mol. The maximum Gasteiger partial charge on any atom is 0.266 e. The normalized spacial score (nSPS) is 10.8. The molecule has 2 aromatic heterocycles. The van der Waals surface area contributed by atoms with E-state index < -0.39 is 23.1 Å². The molecule has 0 radical (unpaired) electrons. The lowest BCUT2D eigenvalue weighted by atomic mass is 10.1. The second-order valence-electron chi connectivity index (χ2n) is 7.50. The number of hydrogen-bond donors (Lipinski definition) is 2. The number of carbonyl (C=O) groups is 2. The minimum absolute atomic E-state index is 0.0739. The van der Waals surface area contributed by atoms with Crippen LogP contribution in [0.25, 0.3) is 10.9 Å². The molecule has 0 spiro atoms. The molecule has 0 aliphatic carbocycles. The summed E-state index contributed by atoms with van der Waals surface area (Å²) in [6, 6.07) is 10.3. The van der Waals surface area contributed by atoms with Crippen LogP contribution in [0.15, 0.2) is 66.0 Å². The van der Waals surface area contributed by atoms with Crippen LogP contribution < -0.4 is 16.2 Å². The van der Waals surface area contributed by atoms with Crippen LogP contribution in [0.1, 0.15) is 31.8 Å². The number of amides is 2. The molecular weight excluding hydrogens is 444 g/mol. The molecule has 4 aromatic rings. The van der Waals surface area contributed by atoms with Crippen LogP contribution in [0.4, 0.5) is 8.78 Å². The smallest absolute Gasteiger partial charge is 0.266 e. The molecule has 0 fully saturated rings. The van der Waals surface area contributed by atoms with Crippen molar-refractivity contribution in [2.45, 2.75) is 13.1 Å². The molecular formula is C24H19F2N5O3. The topological polar surface area (TPSA) is 106 Å². The summed E-state index contributed by atoms with van der Waals surface area (Å²) in [6.07, 6.45) is 3.86. The summed E-state index contributed by atoms with van der Waals surface area (Å²) in [6.45, 7) is 0.0476. The standard InChI is InChI=1S/C24H19F2N5O3/c1-27-22(32)17-8-16-6-14(3-5-21(16)29-10-17)9-30-23(33)18-11-28-13-31(24(18)34)12-15-2-4-19(25)20(26)7-15/h2-8,10-11,13H,9,12H2,1H3,(H,27,32)(H,30,33). The number of fused-ring (bicyclic) bond motifs is 1. The fraction of sp³-hybridized carbons (Fsp3) is 0.125. The van der Waals surface area contributed by atoms with Crippen LogP contribution in [0.2, 0.25) is 0 Å². The molecule has 0 unspecified atom stereocenters. The van der Waals surface area contributed by atoms with E-state index in [0.717, 1.165) is 33.8 Å². The summed E-state index contributed by atoms with van der Waals surface area (Å²) in [5, 5.41) is 5.94. The van der Waals surface area contributed by atoms with Crippen molar-refractivity contribution in [3.05, 3.63) is 105 Å². The lowest BCUT2D eigenvalue weighted by Gasteiger charge is -2.09. The van der Waals surface area contributed by atoms with Gasteiger partial charge in [-0.25, -0.2) is 13.8 Å². The van der Waals surface area contributed by atoms with Crippen LogP contribution in [0.5, 0.6) is 0 Å². The summed E-state index contributed by atoms with van der Waals surface area (Å²) < 4.78 is 27.7. The summed E-state index contributed by atoms with van der Waals surface area (Å²) in [5.74, 6) is -2.91. The van der Waals surface area contributed by atoms with Gasteiger partial charge >= 0.3 is 0 Å². The van der Waals surface area contributed by atoms with Crippen LogP contribution in [-0.4, -0.2) is 33.4 Å². The Hall–Kier alpha value is -4.47. The van der Waals surface area contributed by atoms with Gasteiger partial charge in [0.1, 0.15) is 5.56 Å². The van der Waals surface area contributed by atoms with Crippen molar-refractivity contribution < 1.29 is 18.4 Å². The van der Waals surface area contributed by atoms with Gasteiger partial charge in [-0.15, -0.1) is 0 Å². The fourth-order valence-corrected chi connectivity index (χ4v) is 3.39. The zero-order chi connectivity index (χ0) is 24.2. The summed E-state index contributed by atoms with van der Waals surface area (Å²) >= 11 is 0. The number of hydrogen-bond acceptors (Lipinski definition) is 5. The first kappa shape index (κ1) is 22.7. The largest absolute Gasteiger partial charge is 0.355 e. The van der Waals surface area contributed by atoms with Crippen LogP contribution in [0.3, 0.4) is 0 Å². The van der Waals surface area contributed by atoms with E-state index in [1.807, 2.05) is 0 Å². The molecule has 0 bridgehead atoms. The van der Waals surface area contributed by atoms with Gasteiger partial charge in [0.05, 0.1) is 24.0 Å². The summed E-state index contributed by atoms with van der Waals surface area (Å²) in [4.78, 5) is 45.4. The molecule has 2 heterocycles. The first-order chi connectivity index (χ1) is 16.4. The van der Waals surface area contributed by atoms with Gasteiger partial charge in [-0.1, -0.05) is 12.1 Å². The number of nitrogens with zero attached hydrogens (tertiary/aromatic N) is 3. The second-order valence-corrected chi connectivity index (χ2v) is 7.50. The zero-order valence-electron chi connectivity index (χ0n) is 18.0. The highest BCUT2D eigenvalue weighted by atomic mass is 19.2. The molecule has 8 nitrogen and oxygen atoms in total. The molecule has 2 aromatic carbocycles. The molecule has 172 valence electrons. The number of aromatic nitrogens is 3. The highest BCUT2D eigenvalue weighted by molar-refractivity contribution is 5.97. The van der Waals surface area contributed by atoms with E-state index in [9.17, 15) is 23.2 Å². The molecule has 10 heteroatoms. The Labute approximate surface area is 192 Å². The molecule has 4 rings (SSSR count). The number of pyridine rings is 1. The Morgan fingerprint density at radius 1 is 0.971 bits per heavy atom. The Morgan fingerprint density at radius 3 is 2.53 bits per heavy atom. The van der Waals surface area contributed by atoms with Crippen LogP contribution in [0, 0.1) is 11.6 Å². The van der Waals surface area contributed by atoms with Gasteiger partial charge in [-0.05, 0) is 41.5 Å². The first-order valence-electron chi connectivity index (χ1n) is 10.2. The van der Waals surface area contributed by atoms with Gasteiger partial charge < -0.3 is 10.6 Å². The molecule has 34 heavy (non-hydrogen) atoms. The van der Waals surface area contributed by atoms with E-state index in [4.69, 9.17) is 0 Å². The van der Waals surface area contributed by atoms with Crippen LogP contribution >= 0.6 is 0 Å². The van der Waals surface area contributed by atoms with Crippen molar-refractivity contribution in [1.29, 1.82) is 0 Å². The van der Waals surface area contributed by atoms with Crippen molar-refractivity contribution in [1.82, 2.24) is 25.2 Å². The number of carbonyl (C=O) groups excluding carboxylic acids is 2. The third-order valence-electron chi connectivity index (χ3n) is 5.17. The van der Waals surface area contributed by atoms with Gasteiger partial charge in [0.25, 0.3) is 17.4 Å². The highest BCUT2D eigenvalue weighted by Gasteiger charge is 2.14. The van der Waals surface area contributed by atoms with E-state index in [1.165, 1.54) is 25.6 Å². The molecule has 0 saturated carbocycles. The van der Waals surface area contributed by atoms with Crippen molar-refractivity contribution in [2.24, 2.45) is 0 Å². The van der Waals surface area contributed by atoms with Gasteiger partial charge in [0.15, 0.2) is 11.6 Å². The average Bonchev–Trinajstić information content (AvgIpc) is 2.85. The highest BCUT2D eigenvalue weighted by Crippen LogP contribution is 2.16. The average molecular weight is 463 g/mol. The number of nitrogens with one attached hydrogen (secondary N) is 2. The Bertz CT molecular complexity index is 1470. The second kappa shape index (κ2) is 9.57. The molecule has 0 atom stereocenters. The minimum atomic E-state index is -1.03. The van der Waals surface area contributed by atoms with Gasteiger partial charge in [0.2, 0.25) is 0 Å². The van der Waals surface area contributed by atoms with E-state index in [-0.39, 0.29) is 24.6 Å². The van der Waals surface area contributed by atoms with Crippen LogP contribution in [-0.2, 0) is 13.1 Å². The maximum absolute atomic E-state index is 13.5. The Kier molecular flexibility index (Phi) is 6.39. The number of rotatable bonds is 6. The van der Waals surface area contributed by atoms with Crippen molar-refractivity contribution in [3.8, 4) is 0 Å². The molecule has 0 saturated heterocycles. The van der Waals surface area contributed by atoms with Gasteiger partial charge in [0, 0.05) is 31.4 Å². The van der Waals surface area contributed by atoms with Crippen molar-refractivity contribution in [2.75, 3.05) is 7.05 Å². The predicted molar refractivity (Wildman–Crippen MR) is 120 cm³/mol. The lowest BCUT2D eigenvalue weighted by molar-refractivity contribution is 0.0945. The Balaban J connectivity index is 1.50. The first-order valence-corrected chi connectivity index (χ1v) is 10.2. The third kappa shape index (κ3) is 4.80. The van der Waals surface area contributed by atoms with E-state index >= 15 is 0 Å². The lowest BCUT2D eigenvalue weighted by Crippen LogP contribution is -2.33. The van der Waals surface area contributed by atoms with Gasteiger partial charge in [-0.2, -0.15) is 0 Å². The zero-order valence-corrected chi connectivity index (χ0v) is 18.0. The van der Waals surface area contributed by atoms with E-state index in [0.29, 0.717) is 16.6 Å². The molecule has 0 aliphatic heterocycles. The Morgan fingerprint density at radius 2 is 1.76 bits per heavy atom. The van der Waals surface area contributed by atoms with Crippen molar-refractivity contribution >= 4 is 22.7 Å². The predicted octanol–water partition coefficient (Wildman–Crippen LogP) is 2.41. The SMILES string of the molecule is CNC(=O)c1cnc2ccc(CNC(=O)c3cncn(Cc4ccc(F)c(F)c4)c3=O)cc2c1. The molecule has 2 N–H and O–H groups in total. The quantitative estimate of drug-likeness (QED) is 0.457. The summed E-state index contributed by atoms with van der Waals surface area (Å²) in [5.41, 5.74) is 1.39. The van der Waals surface area contributed by atoms with E-state index in [1.54, 1.807) is 24.3 Å². The van der Waals surface area contributed by atoms with E-state index in [2.05, 4.69) is 20.6 Å². The van der Waals surface area contributed by atoms with Gasteiger partial charge in [-0.3, -0.25) is 23.9 Å². The summed E-state index contributed by atoms with van der Waals surface area (Å²) in [7, 11) is 1.53. The molecule has 0 aliphatic rings. The number of halogens is 2.